The fourth-order valence-corrected chi connectivity index (χ4v) is 4.81. The smallest absolute Gasteiger partial charge is 0.174 e. The number of anilines is 1. The van der Waals surface area contributed by atoms with Crippen molar-refractivity contribution in [1.29, 1.82) is 0 Å². The third kappa shape index (κ3) is 3.88. The fraction of sp³-hybridized carbons (Fsp3) is 0.185. The minimum absolute atomic E-state index is 0.153. The van der Waals surface area contributed by atoms with Crippen molar-refractivity contribution in [2.75, 3.05) is 19.1 Å². The Morgan fingerprint density at radius 2 is 1.76 bits per heavy atom. The zero-order valence-corrected chi connectivity index (χ0v) is 20.1. The summed E-state index contributed by atoms with van der Waals surface area (Å²) in [7, 11) is 3.30. The van der Waals surface area contributed by atoms with Gasteiger partial charge in [0.2, 0.25) is 0 Å². The molecule has 0 spiro atoms. The molecule has 5 rings (SSSR count). The highest BCUT2D eigenvalue weighted by molar-refractivity contribution is 7.80. The van der Waals surface area contributed by atoms with E-state index >= 15 is 0 Å². The van der Waals surface area contributed by atoms with Gasteiger partial charge < -0.3 is 24.3 Å². The van der Waals surface area contributed by atoms with Gasteiger partial charge in [0.25, 0.3) is 0 Å². The zero-order chi connectivity index (χ0) is 23.7. The highest BCUT2D eigenvalue weighted by Gasteiger charge is 2.43. The molecule has 2 aromatic carbocycles. The minimum atomic E-state index is -0.166. The Hall–Kier alpha value is -3.84. The molecule has 0 unspecified atom stereocenters. The van der Waals surface area contributed by atoms with Crippen LogP contribution in [0.15, 0.2) is 85.2 Å². The minimum Gasteiger partial charge on any atom is -0.497 e. The van der Waals surface area contributed by atoms with Gasteiger partial charge in [-0.05, 0) is 67.7 Å². The highest BCUT2D eigenvalue weighted by atomic mass is 32.1. The Bertz CT molecular complexity index is 1300. The van der Waals surface area contributed by atoms with Crippen molar-refractivity contribution in [2.24, 2.45) is 0 Å². The molecule has 3 heterocycles. The van der Waals surface area contributed by atoms with E-state index < -0.39 is 0 Å². The number of nitrogens with one attached hydrogen (secondary N) is 1. The van der Waals surface area contributed by atoms with Crippen molar-refractivity contribution < 1.29 is 9.47 Å². The number of hydrogen-bond donors (Lipinski definition) is 1. The first-order chi connectivity index (χ1) is 16.6. The first kappa shape index (κ1) is 22.0. The Labute approximate surface area is 204 Å². The summed E-state index contributed by atoms with van der Waals surface area (Å²) in [4.78, 5) is 6.78. The number of nitrogens with zero attached hydrogens (tertiary/aromatic N) is 3. The van der Waals surface area contributed by atoms with Gasteiger partial charge in [-0.3, -0.25) is 4.98 Å². The van der Waals surface area contributed by atoms with E-state index in [-0.39, 0.29) is 12.1 Å². The van der Waals surface area contributed by atoms with E-state index in [0.29, 0.717) is 10.9 Å². The predicted molar refractivity (Wildman–Crippen MR) is 138 cm³/mol. The molecule has 1 N–H and O–H groups in total. The second-order valence-electron chi connectivity index (χ2n) is 8.17. The van der Waals surface area contributed by atoms with Gasteiger partial charge in [0, 0.05) is 29.8 Å². The van der Waals surface area contributed by atoms with Crippen LogP contribution in [-0.2, 0) is 0 Å². The van der Waals surface area contributed by atoms with Crippen LogP contribution in [0.3, 0.4) is 0 Å². The maximum Gasteiger partial charge on any atom is 0.174 e. The first-order valence-corrected chi connectivity index (χ1v) is 11.5. The molecule has 0 aliphatic carbocycles. The third-order valence-electron chi connectivity index (χ3n) is 6.14. The number of thiocarbonyl (C=S) groups is 1. The standard InChI is InChI=1S/C27H26N4O2S/c1-18-9-11-19(12-10-18)30-16-6-8-23(30)26-25(21-7-4-5-15-28-21)29-27(34)31(26)22-14-13-20(32-2)17-24(22)33-3/h4-17,25-26H,1-3H3,(H,29,34)/t25-,26+/m0/s1. The maximum atomic E-state index is 5.89. The van der Waals surface area contributed by atoms with E-state index in [0.717, 1.165) is 28.5 Å². The SMILES string of the molecule is COc1ccc(N2C(=S)N[C@@H](c3ccccn3)[C@H]2c2cccn2-c2ccc(C)cc2)c(OC)c1. The molecule has 7 heteroatoms. The normalized spacial score (nSPS) is 17.5. The van der Waals surface area contributed by atoms with Gasteiger partial charge in [-0.25, -0.2) is 0 Å². The molecule has 1 aliphatic rings. The molecule has 4 aromatic rings. The van der Waals surface area contributed by atoms with Crippen molar-refractivity contribution in [2.45, 2.75) is 19.0 Å². The summed E-state index contributed by atoms with van der Waals surface area (Å²) < 4.78 is 13.4. The van der Waals surface area contributed by atoms with Gasteiger partial charge in [0.15, 0.2) is 5.11 Å². The van der Waals surface area contributed by atoms with E-state index in [2.05, 4.69) is 69.3 Å². The topological polar surface area (TPSA) is 51.5 Å². The number of methoxy groups -OCH3 is 2. The molecule has 0 amide bonds. The first-order valence-electron chi connectivity index (χ1n) is 11.1. The Morgan fingerprint density at radius 3 is 2.47 bits per heavy atom. The lowest BCUT2D eigenvalue weighted by Gasteiger charge is -2.30. The number of aromatic nitrogens is 2. The van der Waals surface area contributed by atoms with Crippen LogP contribution in [0, 0.1) is 6.92 Å². The summed E-state index contributed by atoms with van der Waals surface area (Å²) in [6, 6.07) is 24.1. The van der Waals surface area contributed by atoms with Gasteiger partial charge in [0.1, 0.15) is 17.5 Å². The molecule has 6 nitrogen and oxygen atoms in total. The van der Waals surface area contributed by atoms with Gasteiger partial charge >= 0.3 is 0 Å². The van der Waals surface area contributed by atoms with Crippen LogP contribution in [0.2, 0.25) is 0 Å². The molecular formula is C27H26N4O2S. The van der Waals surface area contributed by atoms with E-state index in [4.69, 9.17) is 21.7 Å². The lowest BCUT2D eigenvalue weighted by atomic mass is 10.0. The molecule has 1 fully saturated rings. The average Bonchev–Trinajstić information content (AvgIpc) is 3.49. The van der Waals surface area contributed by atoms with Gasteiger partial charge in [0.05, 0.1) is 31.6 Å². The lowest BCUT2D eigenvalue weighted by Crippen LogP contribution is -2.30. The second kappa shape index (κ2) is 9.19. The summed E-state index contributed by atoms with van der Waals surface area (Å²) in [5.74, 6) is 1.41. The predicted octanol–water partition coefficient (Wildman–Crippen LogP) is 5.38. The zero-order valence-electron chi connectivity index (χ0n) is 19.3. The quantitative estimate of drug-likeness (QED) is 0.382. The van der Waals surface area contributed by atoms with E-state index in [1.54, 1.807) is 14.2 Å². The maximum absolute atomic E-state index is 5.89. The number of ether oxygens (including phenoxy) is 2. The summed E-state index contributed by atoms with van der Waals surface area (Å²) in [6.45, 7) is 2.09. The fourth-order valence-electron chi connectivity index (χ4n) is 4.47. The molecule has 0 saturated carbocycles. The summed E-state index contributed by atoms with van der Waals surface area (Å²) in [6.07, 6.45) is 3.90. The van der Waals surface area contributed by atoms with E-state index in [1.807, 2.05) is 42.6 Å². The van der Waals surface area contributed by atoms with Crippen LogP contribution < -0.4 is 19.7 Å². The van der Waals surface area contributed by atoms with Crippen LogP contribution in [0.1, 0.15) is 29.0 Å². The Morgan fingerprint density at radius 1 is 0.941 bits per heavy atom. The van der Waals surface area contributed by atoms with Crippen LogP contribution in [0.4, 0.5) is 5.69 Å². The van der Waals surface area contributed by atoms with Gasteiger partial charge in [-0.2, -0.15) is 0 Å². The number of pyridine rings is 1. The van der Waals surface area contributed by atoms with Crippen molar-refractivity contribution >= 4 is 23.0 Å². The molecule has 34 heavy (non-hydrogen) atoms. The van der Waals surface area contributed by atoms with Crippen LogP contribution in [0.25, 0.3) is 5.69 Å². The molecular weight excluding hydrogens is 444 g/mol. The Kier molecular flexibility index (Phi) is 5.94. The van der Waals surface area contributed by atoms with Crippen molar-refractivity contribution in [3.05, 3.63) is 102 Å². The number of aryl methyl sites for hydroxylation is 1. The monoisotopic (exact) mass is 470 g/mol. The second-order valence-corrected chi connectivity index (χ2v) is 8.56. The van der Waals surface area contributed by atoms with Crippen molar-refractivity contribution in [3.63, 3.8) is 0 Å². The number of benzene rings is 2. The lowest BCUT2D eigenvalue weighted by molar-refractivity contribution is 0.394. The van der Waals surface area contributed by atoms with E-state index in [9.17, 15) is 0 Å². The molecule has 0 radical (unpaired) electrons. The molecule has 1 saturated heterocycles. The summed E-state index contributed by atoms with van der Waals surface area (Å²) in [5, 5.41) is 4.13. The van der Waals surface area contributed by atoms with Crippen LogP contribution in [0.5, 0.6) is 11.5 Å². The highest BCUT2D eigenvalue weighted by Crippen LogP contribution is 2.45. The summed E-state index contributed by atoms with van der Waals surface area (Å²) in [5.41, 5.74) is 5.18. The molecule has 1 aliphatic heterocycles. The Balaban J connectivity index is 1.68. The van der Waals surface area contributed by atoms with Crippen LogP contribution >= 0.6 is 12.2 Å². The molecule has 2 aromatic heterocycles. The van der Waals surface area contributed by atoms with Gasteiger partial charge in [-0.1, -0.05) is 23.8 Å². The molecule has 0 bridgehead atoms. The van der Waals surface area contributed by atoms with Gasteiger partial charge in [-0.15, -0.1) is 0 Å². The third-order valence-corrected chi connectivity index (χ3v) is 6.45. The molecule has 2 atom stereocenters. The largest absolute Gasteiger partial charge is 0.497 e. The van der Waals surface area contributed by atoms with Crippen LogP contribution in [-0.4, -0.2) is 28.9 Å². The van der Waals surface area contributed by atoms with E-state index in [1.165, 1.54) is 5.56 Å². The average molecular weight is 471 g/mol. The number of hydrogen-bond acceptors (Lipinski definition) is 4. The number of rotatable bonds is 6. The van der Waals surface area contributed by atoms with Crippen molar-refractivity contribution in [1.82, 2.24) is 14.9 Å². The van der Waals surface area contributed by atoms with Crippen molar-refractivity contribution in [3.8, 4) is 17.2 Å². The summed E-state index contributed by atoms with van der Waals surface area (Å²) >= 11 is 5.89. The molecule has 172 valence electrons.